The summed E-state index contributed by atoms with van der Waals surface area (Å²) in [7, 11) is 0. The van der Waals surface area contributed by atoms with E-state index in [1.807, 2.05) is 25.1 Å². The number of nitrogens with one attached hydrogen (secondary N) is 1. The van der Waals surface area contributed by atoms with Crippen molar-refractivity contribution in [3.63, 3.8) is 0 Å². The lowest BCUT2D eigenvalue weighted by molar-refractivity contribution is -0.121. The molecule has 0 spiro atoms. The summed E-state index contributed by atoms with van der Waals surface area (Å²) < 4.78 is 12.2. The number of rotatable bonds is 15. The molecule has 5 heteroatoms. The van der Waals surface area contributed by atoms with E-state index in [4.69, 9.17) is 21.1 Å². The number of aryl methyl sites for hydroxylation is 1. The van der Waals surface area contributed by atoms with Crippen LogP contribution in [0.4, 0.5) is 0 Å². The van der Waals surface area contributed by atoms with Gasteiger partial charge in [-0.3, -0.25) is 4.79 Å². The van der Waals surface area contributed by atoms with E-state index in [-0.39, 0.29) is 5.91 Å². The molecular formula is C32H40ClNO3. The molecule has 0 aromatic heterocycles. The first kappa shape index (κ1) is 28.6. The van der Waals surface area contributed by atoms with Gasteiger partial charge in [0.15, 0.2) is 0 Å². The maximum absolute atomic E-state index is 12.0. The van der Waals surface area contributed by atoms with E-state index >= 15 is 0 Å². The third-order valence-electron chi connectivity index (χ3n) is 6.55. The number of hydrogen-bond acceptors (Lipinski definition) is 3. The standard InChI is InChI=1S/C32H40ClNO3/c1-4-5-6-11-19-34-32(35)18-10-12-20-36-30-22-31(29(33)21-24(30)2)37-23-27-16-13-17-28(25(27)3)26-14-8-7-9-15-26/h7-9,13-17,21-22H,4-6,10-12,18-20,23H2,1-3H3,(H,34,35). The molecule has 0 saturated carbocycles. The second kappa shape index (κ2) is 15.3. The van der Waals surface area contributed by atoms with E-state index in [9.17, 15) is 4.79 Å². The summed E-state index contributed by atoms with van der Waals surface area (Å²) in [6.07, 6.45) is 6.81. The lowest BCUT2D eigenvalue weighted by Crippen LogP contribution is -2.24. The Morgan fingerprint density at radius 3 is 2.46 bits per heavy atom. The van der Waals surface area contributed by atoms with Gasteiger partial charge in [0, 0.05) is 19.0 Å². The molecule has 0 unspecified atom stereocenters. The van der Waals surface area contributed by atoms with Gasteiger partial charge in [0.05, 0.1) is 11.6 Å². The van der Waals surface area contributed by atoms with Crippen molar-refractivity contribution in [1.82, 2.24) is 5.32 Å². The summed E-state index contributed by atoms with van der Waals surface area (Å²) >= 11 is 6.50. The predicted molar refractivity (Wildman–Crippen MR) is 154 cm³/mol. The fraction of sp³-hybridized carbons (Fsp3) is 0.406. The van der Waals surface area contributed by atoms with Crippen LogP contribution in [-0.4, -0.2) is 19.1 Å². The number of halogens is 1. The summed E-state index contributed by atoms with van der Waals surface area (Å²) in [5.74, 6) is 1.49. The molecule has 0 atom stereocenters. The highest BCUT2D eigenvalue weighted by molar-refractivity contribution is 6.32. The number of unbranched alkanes of at least 4 members (excludes halogenated alkanes) is 4. The van der Waals surface area contributed by atoms with Crippen molar-refractivity contribution in [1.29, 1.82) is 0 Å². The van der Waals surface area contributed by atoms with E-state index in [0.29, 0.717) is 30.4 Å². The Balaban J connectivity index is 1.49. The fourth-order valence-corrected chi connectivity index (χ4v) is 4.54. The Kier molecular flexibility index (Phi) is 11.8. The van der Waals surface area contributed by atoms with E-state index < -0.39 is 0 Å². The van der Waals surface area contributed by atoms with Crippen molar-refractivity contribution in [3.8, 4) is 22.6 Å². The van der Waals surface area contributed by atoms with Crippen LogP contribution in [0.2, 0.25) is 5.02 Å². The molecule has 4 nitrogen and oxygen atoms in total. The largest absolute Gasteiger partial charge is 0.493 e. The zero-order valence-electron chi connectivity index (χ0n) is 22.4. The molecule has 3 aromatic carbocycles. The first-order valence-corrected chi connectivity index (χ1v) is 13.8. The maximum Gasteiger partial charge on any atom is 0.219 e. The molecular weight excluding hydrogens is 482 g/mol. The summed E-state index contributed by atoms with van der Waals surface area (Å²) in [5.41, 5.74) is 5.66. The predicted octanol–water partition coefficient (Wildman–Crippen LogP) is 8.45. The number of hydrogen-bond donors (Lipinski definition) is 1. The molecule has 1 amide bonds. The average Bonchev–Trinajstić information content (AvgIpc) is 2.90. The van der Waals surface area contributed by atoms with Gasteiger partial charge in [-0.2, -0.15) is 0 Å². The minimum Gasteiger partial charge on any atom is -0.493 e. The highest BCUT2D eigenvalue weighted by Crippen LogP contribution is 2.34. The summed E-state index contributed by atoms with van der Waals surface area (Å²) in [6.45, 7) is 8.03. The van der Waals surface area contributed by atoms with Crippen molar-refractivity contribution in [3.05, 3.63) is 82.4 Å². The molecule has 198 valence electrons. The second-order valence-corrected chi connectivity index (χ2v) is 9.92. The van der Waals surface area contributed by atoms with Crippen LogP contribution >= 0.6 is 11.6 Å². The minimum atomic E-state index is 0.126. The van der Waals surface area contributed by atoms with Crippen LogP contribution in [0.25, 0.3) is 11.1 Å². The maximum atomic E-state index is 12.0. The van der Waals surface area contributed by atoms with Crippen molar-refractivity contribution >= 4 is 17.5 Å². The number of ether oxygens (including phenoxy) is 2. The van der Waals surface area contributed by atoms with Gasteiger partial charge in [0.25, 0.3) is 0 Å². The SMILES string of the molecule is CCCCCCNC(=O)CCCCOc1cc(OCc2cccc(-c3ccccc3)c2C)c(Cl)cc1C. The van der Waals surface area contributed by atoms with Crippen LogP contribution in [0.5, 0.6) is 11.5 Å². The van der Waals surface area contributed by atoms with E-state index in [1.54, 1.807) is 0 Å². The van der Waals surface area contributed by atoms with Crippen LogP contribution in [-0.2, 0) is 11.4 Å². The van der Waals surface area contributed by atoms with Crippen molar-refractivity contribution in [2.75, 3.05) is 13.2 Å². The number of benzene rings is 3. The molecule has 37 heavy (non-hydrogen) atoms. The Morgan fingerprint density at radius 2 is 1.68 bits per heavy atom. The van der Waals surface area contributed by atoms with E-state index in [2.05, 4.69) is 61.6 Å². The van der Waals surface area contributed by atoms with Gasteiger partial charge in [-0.05, 0) is 67.0 Å². The van der Waals surface area contributed by atoms with Gasteiger partial charge in [-0.15, -0.1) is 0 Å². The molecule has 0 aliphatic heterocycles. The molecule has 0 heterocycles. The third kappa shape index (κ3) is 9.12. The second-order valence-electron chi connectivity index (χ2n) is 9.51. The third-order valence-corrected chi connectivity index (χ3v) is 6.85. The zero-order chi connectivity index (χ0) is 26.5. The van der Waals surface area contributed by atoms with Crippen molar-refractivity contribution in [2.24, 2.45) is 0 Å². The Hall–Kier alpha value is -2.98. The van der Waals surface area contributed by atoms with Gasteiger partial charge in [-0.25, -0.2) is 0 Å². The minimum absolute atomic E-state index is 0.126. The van der Waals surface area contributed by atoms with Gasteiger partial charge < -0.3 is 14.8 Å². The molecule has 0 radical (unpaired) electrons. The van der Waals surface area contributed by atoms with Gasteiger partial charge >= 0.3 is 0 Å². The quantitative estimate of drug-likeness (QED) is 0.204. The van der Waals surface area contributed by atoms with Crippen LogP contribution in [0, 0.1) is 13.8 Å². The zero-order valence-corrected chi connectivity index (χ0v) is 23.2. The van der Waals surface area contributed by atoms with Crippen molar-refractivity contribution in [2.45, 2.75) is 72.3 Å². The Labute approximate surface area is 227 Å². The first-order valence-electron chi connectivity index (χ1n) is 13.5. The Morgan fingerprint density at radius 1 is 0.865 bits per heavy atom. The van der Waals surface area contributed by atoms with E-state index in [0.717, 1.165) is 42.7 Å². The molecule has 0 saturated heterocycles. The van der Waals surface area contributed by atoms with Gasteiger partial charge in [-0.1, -0.05) is 86.3 Å². The lowest BCUT2D eigenvalue weighted by atomic mass is 9.97. The van der Waals surface area contributed by atoms with Crippen LogP contribution < -0.4 is 14.8 Å². The van der Waals surface area contributed by atoms with E-state index in [1.165, 1.54) is 36.0 Å². The molecule has 0 aliphatic rings. The fourth-order valence-electron chi connectivity index (χ4n) is 4.26. The summed E-state index contributed by atoms with van der Waals surface area (Å²) in [6, 6.07) is 20.4. The lowest BCUT2D eigenvalue weighted by Gasteiger charge is -2.16. The number of carbonyl (C=O) groups is 1. The Bertz CT molecular complexity index is 1130. The normalized spacial score (nSPS) is 10.8. The topological polar surface area (TPSA) is 47.6 Å². The van der Waals surface area contributed by atoms with Crippen LogP contribution in [0.3, 0.4) is 0 Å². The van der Waals surface area contributed by atoms with Crippen LogP contribution in [0.1, 0.15) is 68.6 Å². The highest BCUT2D eigenvalue weighted by Gasteiger charge is 2.11. The summed E-state index contributed by atoms with van der Waals surface area (Å²) in [5, 5.41) is 3.57. The van der Waals surface area contributed by atoms with Gasteiger partial charge in [0.2, 0.25) is 5.91 Å². The molecule has 0 aliphatic carbocycles. The highest BCUT2D eigenvalue weighted by atomic mass is 35.5. The molecule has 0 bridgehead atoms. The van der Waals surface area contributed by atoms with Crippen molar-refractivity contribution < 1.29 is 14.3 Å². The molecule has 1 N–H and O–H groups in total. The molecule has 3 rings (SSSR count). The van der Waals surface area contributed by atoms with Gasteiger partial charge in [0.1, 0.15) is 18.1 Å². The number of carbonyl (C=O) groups excluding carboxylic acids is 1. The average molecular weight is 522 g/mol. The summed E-state index contributed by atoms with van der Waals surface area (Å²) in [4.78, 5) is 12.0. The first-order chi connectivity index (χ1) is 18.0. The molecule has 0 fully saturated rings. The van der Waals surface area contributed by atoms with Crippen LogP contribution in [0.15, 0.2) is 60.7 Å². The molecule has 3 aromatic rings. The monoisotopic (exact) mass is 521 g/mol. The smallest absolute Gasteiger partial charge is 0.219 e. The number of amides is 1.